The minimum atomic E-state index is -3.62. The summed E-state index contributed by atoms with van der Waals surface area (Å²) in [5.41, 5.74) is 6.24. The van der Waals surface area contributed by atoms with E-state index in [0.29, 0.717) is 25.3 Å². The maximum atomic E-state index is 12.5. The highest BCUT2D eigenvalue weighted by atomic mass is 32.2. The highest BCUT2D eigenvalue weighted by Gasteiger charge is 2.34. The summed E-state index contributed by atoms with van der Waals surface area (Å²) in [6.07, 6.45) is 0.703. The van der Waals surface area contributed by atoms with E-state index in [1.54, 1.807) is 21.0 Å². The van der Waals surface area contributed by atoms with Crippen molar-refractivity contribution in [3.63, 3.8) is 0 Å². The van der Waals surface area contributed by atoms with Gasteiger partial charge in [0, 0.05) is 20.7 Å². The summed E-state index contributed by atoms with van der Waals surface area (Å²) in [6.45, 7) is 2.70. The molecule has 1 atom stereocenters. The predicted molar refractivity (Wildman–Crippen MR) is 66.5 cm³/mol. The Morgan fingerprint density at radius 1 is 1.56 bits per heavy atom. The quantitative estimate of drug-likeness (QED) is 0.818. The third-order valence-corrected chi connectivity index (χ3v) is 5.44. The van der Waals surface area contributed by atoms with E-state index in [-0.39, 0.29) is 16.8 Å². The second kappa shape index (κ2) is 4.52. The Balaban J connectivity index is 2.41. The van der Waals surface area contributed by atoms with Gasteiger partial charge in [0.15, 0.2) is 5.82 Å². The van der Waals surface area contributed by atoms with E-state index in [1.165, 1.54) is 8.99 Å². The van der Waals surface area contributed by atoms with Crippen LogP contribution in [0.5, 0.6) is 0 Å². The zero-order chi connectivity index (χ0) is 13.5. The second-order valence-corrected chi connectivity index (χ2v) is 6.40. The molecule has 0 aliphatic carbocycles. The molecule has 1 saturated heterocycles. The molecule has 0 aromatic carbocycles. The second-order valence-electron chi connectivity index (χ2n) is 4.46. The van der Waals surface area contributed by atoms with Crippen LogP contribution in [0.2, 0.25) is 0 Å². The number of hydrogen-bond acceptors (Lipinski definition) is 5. The molecule has 2 N–H and O–H groups in total. The predicted octanol–water partition coefficient (Wildman–Crippen LogP) is -0.280. The first-order valence-corrected chi connectivity index (χ1v) is 7.14. The van der Waals surface area contributed by atoms with Crippen LogP contribution in [0.15, 0.2) is 4.90 Å². The summed E-state index contributed by atoms with van der Waals surface area (Å²) >= 11 is 0. The van der Waals surface area contributed by atoms with Gasteiger partial charge >= 0.3 is 0 Å². The number of sulfonamides is 1. The van der Waals surface area contributed by atoms with Crippen molar-refractivity contribution in [1.29, 1.82) is 0 Å². The first kappa shape index (κ1) is 13.3. The number of likely N-dealkylation sites (N-methyl/N-ethyl adjacent to an activating group) is 1. The molecule has 0 bridgehead atoms. The van der Waals surface area contributed by atoms with Crippen LogP contribution in [0.1, 0.15) is 12.1 Å². The van der Waals surface area contributed by atoms with Crippen molar-refractivity contribution >= 4 is 15.8 Å². The first-order chi connectivity index (χ1) is 8.35. The average Bonchev–Trinajstić information content (AvgIpc) is 2.87. The largest absolute Gasteiger partial charge is 0.381 e. The number of ether oxygens (including phenoxy) is 1. The van der Waals surface area contributed by atoms with Crippen LogP contribution in [-0.2, 0) is 21.8 Å². The van der Waals surface area contributed by atoms with E-state index in [1.807, 2.05) is 0 Å². The lowest BCUT2D eigenvalue weighted by molar-refractivity contribution is 0.181. The Morgan fingerprint density at radius 2 is 2.22 bits per heavy atom. The highest BCUT2D eigenvalue weighted by molar-refractivity contribution is 7.89. The van der Waals surface area contributed by atoms with Crippen LogP contribution in [0.4, 0.5) is 5.82 Å². The molecule has 2 heterocycles. The van der Waals surface area contributed by atoms with Crippen LogP contribution in [-0.4, -0.2) is 48.8 Å². The van der Waals surface area contributed by atoms with Gasteiger partial charge < -0.3 is 10.5 Å². The van der Waals surface area contributed by atoms with Crippen LogP contribution in [0, 0.1) is 6.92 Å². The maximum absolute atomic E-state index is 12.5. The van der Waals surface area contributed by atoms with Crippen molar-refractivity contribution in [1.82, 2.24) is 14.1 Å². The molecule has 0 radical (unpaired) electrons. The molecule has 1 unspecified atom stereocenters. The van der Waals surface area contributed by atoms with E-state index in [4.69, 9.17) is 10.5 Å². The Hall–Kier alpha value is -1.12. The summed E-state index contributed by atoms with van der Waals surface area (Å²) < 4.78 is 33.0. The third-order valence-electron chi connectivity index (χ3n) is 3.36. The SMILES string of the molecule is Cc1c(S(=O)(=O)N(C)C2CCOC2)c(N)nn1C. The molecule has 1 aliphatic heterocycles. The van der Waals surface area contributed by atoms with E-state index < -0.39 is 10.0 Å². The Morgan fingerprint density at radius 3 is 2.67 bits per heavy atom. The highest BCUT2D eigenvalue weighted by Crippen LogP contribution is 2.27. The van der Waals surface area contributed by atoms with Gasteiger partial charge in [-0.3, -0.25) is 4.68 Å². The molecular weight excluding hydrogens is 256 g/mol. The van der Waals surface area contributed by atoms with Crippen LogP contribution in [0.25, 0.3) is 0 Å². The lowest BCUT2D eigenvalue weighted by Gasteiger charge is -2.22. The van der Waals surface area contributed by atoms with E-state index in [9.17, 15) is 8.42 Å². The van der Waals surface area contributed by atoms with Crippen LogP contribution in [0.3, 0.4) is 0 Å². The van der Waals surface area contributed by atoms with Crippen molar-refractivity contribution < 1.29 is 13.2 Å². The van der Waals surface area contributed by atoms with Crippen molar-refractivity contribution in [2.75, 3.05) is 26.0 Å². The lowest BCUT2D eigenvalue weighted by atomic mass is 10.3. The summed E-state index contributed by atoms with van der Waals surface area (Å²) in [6, 6.07) is -0.131. The zero-order valence-corrected chi connectivity index (χ0v) is 11.6. The van der Waals surface area contributed by atoms with Gasteiger partial charge in [0.2, 0.25) is 10.0 Å². The molecule has 0 spiro atoms. The average molecular weight is 274 g/mol. The molecule has 0 saturated carbocycles. The van der Waals surface area contributed by atoms with Gasteiger partial charge in [-0.25, -0.2) is 8.42 Å². The summed E-state index contributed by atoms with van der Waals surface area (Å²) in [5.74, 6) is 0.0424. The number of anilines is 1. The van der Waals surface area contributed by atoms with Gasteiger partial charge in [0.25, 0.3) is 0 Å². The minimum Gasteiger partial charge on any atom is -0.381 e. The van der Waals surface area contributed by atoms with Gasteiger partial charge in [-0.05, 0) is 13.3 Å². The fourth-order valence-electron chi connectivity index (χ4n) is 2.08. The molecular formula is C10H18N4O3S. The molecule has 18 heavy (non-hydrogen) atoms. The Labute approximate surface area is 107 Å². The fraction of sp³-hybridized carbons (Fsp3) is 0.700. The number of rotatable bonds is 3. The third kappa shape index (κ3) is 2.00. The zero-order valence-electron chi connectivity index (χ0n) is 10.8. The molecule has 1 aliphatic rings. The number of hydrogen-bond donors (Lipinski definition) is 1. The molecule has 1 fully saturated rings. The van der Waals surface area contributed by atoms with Crippen LogP contribution >= 0.6 is 0 Å². The molecule has 1 aromatic rings. The topological polar surface area (TPSA) is 90.4 Å². The summed E-state index contributed by atoms with van der Waals surface area (Å²) in [4.78, 5) is 0.0967. The summed E-state index contributed by atoms with van der Waals surface area (Å²) in [7, 11) is -0.392. The number of aromatic nitrogens is 2. The molecule has 2 rings (SSSR count). The Kier molecular flexibility index (Phi) is 3.35. The standard InChI is InChI=1S/C10H18N4O3S/c1-7-9(10(11)12-13(7)2)18(15,16)14(3)8-4-5-17-6-8/h8H,4-6H2,1-3H3,(H2,11,12). The van der Waals surface area contributed by atoms with Crippen molar-refractivity contribution in [3.05, 3.63) is 5.69 Å². The van der Waals surface area contributed by atoms with Crippen molar-refractivity contribution in [2.24, 2.45) is 7.05 Å². The molecule has 7 nitrogen and oxygen atoms in total. The van der Waals surface area contributed by atoms with E-state index >= 15 is 0 Å². The maximum Gasteiger partial charge on any atom is 0.248 e. The number of nitrogen functional groups attached to an aromatic ring is 1. The van der Waals surface area contributed by atoms with E-state index in [2.05, 4.69) is 5.10 Å². The van der Waals surface area contributed by atoms with Gasteiger partial charge in [-0.15, -0.1) is 0 Å². The van der Waals surface area contributed by atoms with Crippen molar-refractivity contribution in [2.45, 2.75) is 24.3 Å². The molecule has 102 valence electrons. The van der Waals surface area contributed by atoms with Gasteiger partial charge in [-0.1, -0.05) is 0 Å². The first-order valence-electron chi connectivity index (χ1n) is 5.70. The fourth-order valence-corrected chi connectivity index (χ4v) is 3.74. The minimum absolute atomic E-state index is 0.0424. The monoisotopic (exact) mass is 274 g/mol. The normalized spacial score (nSPS) is 20.8. The van der Waals surface area contributed by atoms with Gasteiger partial charge in [0.1, 0.15) is 4.90 Å². The molecule has 0 amide bonds. The smallest absolute Gasteiger partial charge is 0.248 e. The Bertz CT molecular complexity index is 546. The number of nitrogens with zero attached hydrogens (tertiary/aromatic N) is 3. The summed E-state index contributed by atoms with van der Waals surface area (Å²) in [5, 5.41) is 3.94. The molecule has 8 heteroatoms. The number of aryl methyl sites for hydroxylation is 1. The molecule has 1 aromatic heterocycles. The lowest BCUT2D eigenvalue weighted by Crippen LogP contribution is -2.37. The van der Waals surface area contributed by atoms with Gasteiger partial charge in [-0.2, -0.15) is 9.40 Å². The van der Waals surface area contributed by atoms with E-state index in [0.717, 1.165) is 0 Å². The van der Waals surface area contributed by atoms with Crippen molar-refractivity contribution in [3.8, 4) is 0 Å². The van der Waals surface area contributed by atoms with Crippen LogP contribution < -0.4 is 5.73 Å². The number of nitrogens with two attached hydrogens (primary N) is 1. The van der Waals surface area contributed by atoms with Gasteiger partial charge in [0.05, 0.1) is 18.3 Å².